The van der Waals surface area contributed by atoms with Gasteiger partial charge < -0.3 is 10.1 Å². The summed E-state index contributed by atoms with van der Waals surface area (Å²) >= 11 is 1.22. The van der Waals surface area contributed by atoms with Gasteiger partial charge in [0.2, 0.25) is 5.91 Å². The van der Waals surface area contributed by atoms with Gasteiger partial charge in [-0.05, 0) is 25.5 Å². The molecule has 26 heavy (non-hydrogen) atoms. The first-order valence-corrected chi connectivity index (χ1v) is 8.77. The van der Waals surface area contributed by atoms with Crippen LogP contribution in [0.4, 0.5) is 10.5 Å². The highest BCUT2D eigenvalue weighted by Gasteiger charge is 2.59. The number of nitrogens with one attached hydrogen (secondary N) is 1. The number of esters is 1. The standard InChI is InChI=1S/C16H17N3O6S/c1-4-25-14(21)12-13-10-7-9(19(23)24)5-6-11(10)26-16(12,3)17-15(22)18(13)8(2)20/h5-7,12-13H,4H2,1-3H3,(H,17,22). The van der Waals surface area contributed by atoms with Gasteiger partial charge in [-0.25, -0.2) is 4.79 Å². The molecule has 1 N–H and O–H groups in total. The van der Waals surface area contributed by atoms with Crippen molar-refractivity contribution >= 4 is 35.4 Å². The number of hydrogen-bond donors (Lipinski definition) is 1. The van der Waals surface area contributed by atoms with Gasteiger partial charge in [0.15, 0.2) is 0 Å². The normalized spacial score (nSPS) is 26.6. The Morgan fingerprint density at radius 3 is 2.73 bits per heavy atom. The van der Waals surface area contributed by atoms with Gasteiger partial charge in [-0.1, -0.05) is 11.8 Å². The van der Waals surface area contributed by atoms with Crippen LogP contribution in [0.1, 0.15) is 32.4 Å². The number of non-ortho nitro benzene ring substituents is 1. The number of amides is 3. The zero-order valence-electron chi connectivity index (χ0n) is 14.3. The molecule has 0 aromatic heterocycles. The molecule has 0 aliphatic carbocycles. The van der Waals surface area contributed by atoms with Crippen LogP contribution in [0.25, 0.3) is 0 Å². The molecule has 1 fully saturated rings. The third kappa shape index (κ3) is 2.70. The summed E-state index contributed by atoms with van der Waals surface area (Å²) in [5.74, 6) is -2.03. The summed E-state index contributed by atoms with van der Waals surface area (Å²) in [5, 5.41) is 13.9. The van der Waals surface area contributed by atoms with E-state index in [2.05, 4.69) is 5.32 Å². The minimum Gasteiger partial charge on any atom is -0.466 e. The minimum atomic E-state index is -1.04. The van der Waals surface area contributed by atoms with E-state index in [0.29, 0.717) is 10.5 Å². The summed E-state index contributed by atoms with van der Waals surface area (Å²) in [4.78, 5) is 48.5. The van der Waals surface area contributed by atoms with Crippen molar-refractivity contribution in [3.05, 3.63) is 33.9 Å². The number of imide groups is 1. The van der Waals surface area contributed by atoms with Crippen LogP contribution in [0.5, 0.6) is 0 Å². The fourth-order valence-electron chi connectivity index (χ4n) is 3.46. The second-order valence-corrected chi connectivity index (χ2v) is 7.67. The van der Waals surface area contributed by atoms with Crippen molar-refractivity contribution in [3.8, 4) is 0 Å². The third-order valence-electron chi connectivity index (χ3n) is 4.49. The van der Waals surface area contributed by atoms with E-state index >= 15 is 0 Å². The molecule has 138 valence electrons. The van der Waals surface area contributed by atoms with Crippen LogP contribution in [-0.4, -0.2) is 39.2 Å². The van der Waals surface area contributed by atoms with Gasteiger partial charge in [-0.2, -0.15) is 0 Å². The Balaban J connectivity index is 2.23. The van der Waals surface area contributed by atoms with E-state index in [1.54, 1.807) is 19.9 Å². The summed E-state index contributed by atoms with van der Waals surface area (Å²) in [6.07, 6.45) is 0. The Labute approximate surface area is 153 Å². The summed E-state index contributed by atoms with van der Waals surface area (Å²) in [7, 11) is 0. The molecule has 3 amide bonds. The molecule has 2 bridgehead atoms. The van der Waals surface area contributed by atoms with Crippen molar-refractivity contribution in [2.45, 2.75) is 36.6 Å². The lowest BCUT2D eigenvalue weighted by molar-refractivity contribution is -0.385. The molecule has 0 spiro atoms. The van der Waals surface area contributed by atoms with Crippen LogP contribution in [0, 0.1) is 16.0 Å². The van der Waals surface area contributed by atoms with Gasteiger partial charge in [0.1, 0.15) is 10.8 Å². The van der Waals surface area contributed by atoms with Crippen LogP contribution in [-0.2, 0) is 14.3 Å². The molecule has 9 nitrogen and oxygen atoms in total. The minimum absolute atomic E-state index is 0.138. The topological polar surface area (TPSA) is 119 Å². The smallest absolute Gasteiger partial charge is 0.325 e. The number of nitrogens with zero attached hydrogens (tertiary/aromatic N) is 2. The number of fused-ring (bicyclic) bond motifs is 4. The van der Waals surface area contributed by atoms with Crippen LogP contribution in [0.2, 0.25) is 0 Å². The fourth-order valence-corrected chi connectivity index (χ4v) is 4.84. The van der Waals surface area contributed by atoms with Crippen LogP contribution < -0.4 is 5.32 Å². The molecule has 1 aromatic carbocycles. The maximum absolute atomic E-state index is 12.7. The third-order valence-corrected chi connectivity index (χ3v) is 5.86. The number of thioether (sulfide) groups is 1. The number of urea groups is 1. The molecule has 1 saturated heterocycles. The van der Waals surface area contributed by atoms with Crippen molar-refractivity contribution < 1.29 is 24.0 Å². The quantitative estimate of drug-likeness (QED) is 0.486. The first-order valence-electron chi connectivity index (χ1n) is 7.95. The highest BCUT2D eigenvalue weighted by molar-refractivity contribution is 8.00. The lowest BCUT2D eigenvalue weighted by atomic mass is 9.83. The second-order valence-electron chi connectivity index (χ2n) is 6.18. The van der Waals surface area contributed by atoms with Gasteiger partial charge in [-0.3, -0.25) is 24.6 Å². The molecule has 1 aromatic rings. The van der Waals surface area contributed by atoms with Crippen molar-refractivity contribution in [2.75, 3.05) is 6.61 Å². The van der Waals surface area contributed by atoms with E-state index in [9.17, 15) is 24.5 Å². The summed E-state index contributed by atoms with van der Waals surface area (Å²) in [5.41, 5.74) is 0.217. The molecule has 2 aliphatic rings. The summed E-state index contributed by atoms with van der Waals surface area (Å²) < 4.78 is 5.16. The molecule has 3 rings (SSSR count). The molecule has 0 radical (unpaired) electrons. The Hall–Kier alpha value is -2.62. The van der Waals surface area contributed by atoms with E-state index in [1.807, 2.05) is 0 Å². The zero-order chi connectivity index (χ0) is 19.2. The van der Waals surface area contributed by atoms with E-state index in [1.165, 1.54) is 30.8 Å². The van der Waals surface area contributed by atoms with E-state index in [4.69, 9.17) is 4.74 Å². The number of ether oxygens (including phenoxy) is 1. The zero-order valence-corrected chi connectivity index (χ0v) is 15.2. The Morgan fingerprint density at radius 1 is 1.46 bits per heavy atom. The lowest BCUT2D eigenvalue weighted by Gasteiger charge is -2.52. The first kappa shape index (κ1) is 18.2. The van der Waals surface area contributed by atoms with Gasteiger partial charge in [-0.15, -0.1) is 0 Å². The number of nitro benzene ring substituents is 1. The van der Waals surface area contributed by atoms with Crippen molar-refractivity contribution in [2.24, 2.45) is 5.92 Å². The molecule has 3 unspecified atom stereocenters. The fraction of sp³-hybridized carbons (Fsp3) is 0.438. The van der Waals surface area contributed by atoms with Gasteiger partial charge in [0.05, 0.1) is 17.6 Å². The highest BCUT2D eigenvalue weighted by atomic mass is 32.2. The van der Waals surface area contributed by atoms with E-state index in [-0.39, 0.29) is 12.3 Å². The van der Waals surface area contributed by atoms with Crippen molar-refractivity contribution in [3.63, 3.8) is 0 Å². The number of carbonyl (C=O) groups is 3. The van der Waals surface area contributed by atoms with Crippen molar-refractivity contribution in [1.29, 1.82) is 0 Å². The second kappa shape index (κ2) is 6.27. The van der Waals surface area contributed by atoms with E-state index in [0.717, 1.165) is 4.90 Å². The summed E-state index contributed by atoms with van der Waals surface area (Å²) in [6, 6.07) is 2.63. The number of carbonyl (C=O) groups excluding carboxylic acids is 3. The Morgan fingerprint density at radius 2 is 2.15 bits per heavy atom. The van der Waals surface area contributed by atoms with Gasteiger partial charge >= 0.3 is 12.0 Å². The molecule has 0 saturated carbocycles. The maximum atomic E-state index is 12.7. The SMILES string of the molecule is CCOC(=O)C1C2c3cc([N+](=O)[O-])ccc3SC1(C)NC(=O)N2C(C)=O. The first-order chi connectivity index (χ1) is 12.2. The molecule has 2 heterocycles. The van der Waals surface area contributed by atoms with Gasteiger partial charge in [0.25, 0.3) is 5.69 Å². The number of rotatable bonds is 3. The number of hydrogen-bond acceptors (Lipinski definition) is 7. The van der Waals surface area contributed by atoms with Crippen LogP contribution in [0.15, 0.2) is 23.1 Å². The molecular weight excluding hydrogens is 362 g/mol. The molecule has 10 heteroatoms. The summed E-state index contributed by atoms with van der Waals surface area (Å²) in [6.45, 7) is 4.69. The largest absolute Gasteiger partial charge is 0.466 e. The monoisotopic (exact) mass is 379 g/mol. The molecule has 2 aliphatic heterocycles. The highest BCUT2D eigenvalue weighted by Crippen LogP contribution is 2.55. The van der Waals surface area contributed by atoms with Crippen LogP contribution >= 0.6 is 11.8 Å². The molecular formula is C16H17N3O6S. The average molecular weight is 379 g/mol. The van der Waals surface area contributed by atoms with Crippen molar-refractivity contribution in [1.82, 2.24) is 10.2 Å². The molecule has 3 atom stereocenters. The Bertz CT molecular complexity index is 828. The predicted octanol–water partition coefficient (Wildman–Crippen LogP) is 2.21. The predicted molar refractivity (Wildman–Crippen MR) is 91.3 cm³/mol. The number of nitro groups is 1. The average Bonchev–Trinajstić information content (AvgIpc) is 2.52. The van der Waals surface area contributed by atoms with E-state index < -0.39 is 39.7 Å². The van der Waals surface area contributed by atoms with Crippen LogP contribution in [0.3, 0.4) is 0 Å². The van der Waals surface area contributed by atoms with Gasteiger partial charge in [0, 0.05) is 24.0 Å². The number of benzene rings is 1. The maximum Gasteiger partial charge on any atom is 0.325 e. The Kier molecular flexibility index (Phi) is 4.39. The lowest BCUT2D eigenvalue weighted by Crippen LogP contribution is -2.67.